The van der Waals surface area contributed by atoms with Crippen molar-refractivity contribution in [3.8, 4) is 22.9 Å². The normalized spacial score (nSPS) is 11.9. The predicted molar refractivity (Wildman–Crippen MR) is 139 cm³/mol. The molecule has 0 aliphatic rings. The van der Waals surface area contributed by atoms with Gasteiger partial charge in [-0.1, -0.05) is 49.1 Å². The summed E-state index contributed by atoms with van der Waals surface area (Å²) in [5.41, 5.74) is 4.80. The lowest BCUT2D eigenvalue weighted by Crippen LogP contribution is -2.02. The Morgan fingerprint density at radius 1 is 1.11 bits per heavy atom. The van der Waals surface area contributed by atoms with Crippen molar-refractivity contribution >= 4 is 22.9 Å². The van der Waals surface area contributed by atoms with E-state index in [0.717, 1.165) is 27.6 Å². The lowest BCUT2D eigenvalue weighted by Gasteiger charge is -2.11. The molecule has 7 nitrogen and oxygen atoms in total. The van der Waals surface area contributed by atoms with Crippen LogP contribution in [0.15, 0.2) is 85.7 Å². The van der Waals surface area contributed by atoms with Crippen LogP contribution in [0.4, 0.5) is 0 Å². The van der Waals surface area contributed by atoms with Gasteiger partial charge in [0.1, 0.15) is 23.4 Å². The van der Waals surface area contributed by atoms with Gasteiger partial charge < -0.3 is 24.9 Å². The fourth-order valence-corrected chi connectivity index (χ4v) is 4.24. The summed E-state index contributed by atoms with van der Waals surface area (Å²) in [5, 5.41) is 20.9. The first kappa shape index (κ1) is 23.1. The minimum absolute atomic E-state index is 0.0412. The molecule has 7 heteroatoms. The lowest BCUT2D eigenvalue weighted by atomic mass is 10.0. The van der Waals surface area contributed by atoms with Crippen LogP contribution >= 0.6 is 0 Å². The second-order valence-corrected chi connectivity index (χ2v) is 8.48. The number of imidazole rings is 1. The largest absolute Gasteiger partial charge is 0.481 e. The first-order valence-corrected chi connectivity index (χ1v) is 11.6. The quantitative estimate of drug-likeness (QED) is 0.204. The minimum Gasteiger partial charge on any atom is -0.481 e. The maximum Gasteiger partial charge on any atom is 0.303 e. The SMILES string of the molecule is C=Cc1c(Oc2cccc(-c3ncc(C(O)c4cccc(CCC(=O)O)c4)[nH]3)c2)ccc2[nH]ccc12. The van der Waals surface area contributed by atoms with E-state index in [2.05, 4.69) is 21.5 Å². The predicted octanol–water partition coefficient (Wildman–Crippen LogP) is 6.09. The maximum absolute atomic E-state index is 10.9. The van der Waals surface area contributed by atoms with Crippen molar-refractivity contribution in [3.63, 3.8) is 0 Å². The molecule has 0 radical (unpaired) electrons. The minimum atomic E-state index is -0.918. The molecule has 1 unspecified atom stereocenters. The average molecular weight is 480 g/mol. The second-order valence-electron chi connectivity index (χ2n) is 8.48. The zero-order valence-electron chi connectivity index (χ0n) is 19.4. The Labute approximate surface area is 207 Å². The van der Waals surface area contributed by atoms with Crippen LogP contribution in [-0.2, 0) is 11.2 Å². The van der Waals surface area contributed by atoms with Crippen LogP contribution in [0, 0.1) is 0 Å². The number of aryl methyl sites for hydroxylation is 1. The second kappa shape index (κ2) is 9.93. The maximum atomic E-state index is 10.9. The summed E-state index contributed by atoms with van der Waals surface area (Å²) in [6.07, 6.45) is 4.80. The first-order valence-electron chi connectivity index (χ1n) is 11.6. The molecular formula is C29H25N3O4. The van der Waals surface area contributed by atoms with Crippen molar-refractivity contribution in [3.05, 3.63) is 108 Å². The number of carboxylic acids is 1. The first-order chi connectivity index (χ1) is 17.5. The number of H-pyrrole nitrogens is 2. The van der Waals surface area contributed by atoms with Crippen LogP contribution in [0.2, 0.25) is 0 Å². The van der Waals surface area contributed by atoms with E-state index in [1.54, 1.807) is 12.3 Å². The number of ether oxygens (including phenoxy) is 1. The molecule has 3 aromatic carbocycles. The van der Waals surface area contributed by atoms with Crippen molar-refractivity contribution < 1.29 is 19.7 Å². The van der Waals surface area contributed by atoms with Gasteiger partial charge in [-0.15, -0.1) is 0 Å². The molecule has 0 bridgehead atoms. The van der Waals surface area contributed by atoms with E-state index in [1.807, 2.05) is 72.9 Å². The Kier molecular flexibility index (Phi) is 6.38. The molecule has 0 saturated carbocycles. The summed E-state index contributed by atoms with van der Waals surface area (Å²) in [4.78, 5) is 21.7. The highest BCUT2D eigenvalue weighted by molar-refractivity contribution is 5.91. The topological polar surface area (TPSA) is 111 Å². The number of carbonyl (C=O) groups is 1. The fourth-order valence-electron chi connectivity index (χ4n) is 4.24. The molecule has 5 aromatic rings. The number of aromatic nitrogens is 3. The van der Waals surface area contributed by atoms with E-state index in [9.17, 15) is 9.90 Å². The van der Waals surface area contributed by atoms with Crippen LogP contribution < -0.4 is 4.74 Å². The number of hydrogen-bond donors (Lipinski definition) is 4. The summed E-state index contributed by atoms with van der Waals surface area (Å²) < 4.78 is 6.20. The summed E-state index contributed by atoms with van der Waals surface area (Å²) in [5.74, 6) is 1.10. The Balaban J connectivity index is 1.36. The fraction of sp³-hybridized carbons (Fsp3) is 0.103. The molecule has 2 heterocycles. The van der Waals surface area contributed by atoms with Gasteiger partial charge in [0.25, 0.3) is 0 Å². The Morgan fingerprint density at radius 3 is 2.81 bits per heavy atom. The highest BCUT2D eigenvalue weighted by Crippen LogP contribution is 2.33. The third-order valence-corrected chi connectivity index (χ3v) is 6.06. The molecule has 4 N–H and O–H groups in total. The van der Waals surface area contributed by atoms with Gasteiger partial charge in [0.2, 0.25) is 0 Å². The molecule has 36 heavy (non-hydrogen) atoms. The third-order valence-electron chi connectivity index (χ3n) is 6.06. The number of nitrogens with one attached hydrogen (secondary N) is 2. The standard InChI is InChI=1S/C29H25N3O4/c1-2-22-23-13-14-30-24(23)10-11-26(22)36-21-8-4-7-20(16-21)29-31-17-25(32-29)28(35)19-6-3-5-18(15-19)9-12-27(33)34/h2-8,10-11,13-17,28,30,35H,1,9,12H2,(H,31,32)(H,33,34). The monoisotopic (exact) mass is 479 g/mol. The molecule has 180 valence electrons. The number of aliphatic hydroxyl groups excluding tert-OH is 1. The molecular weight excluding hydrogens is 454 g/mol. The van der Waals surface area contributed by atoms with Gasteiger partial charge in [-0.2, -0.15) is 0 Å². The number of aromatic amines is 2. The number of nitrogens with zero attached hydrogens (tertiary/aromatic N) is 1. The molecule has 1 atom stereocenters. The smallest absolute Gasteiger partial charge is 0.303 e. The molecule has 0 saturated heterocycles. The van der Waals surface area contributed by atoms with Crippen molar-refractivity contribution in [2.24, 2.45) is 0 Å². The van der Waals surface area contributed by atoms with Crippen molar-refractivity contribution in [1.82, 2.24) is 15.0 Å². The molecule has 2 aromatic heterocycles. The van der Waals surface area contributed by atoms with Gasteiger partial charge >= 0.3 is 5.97 Å². The van der Waals surface area contributed by atoms with Crippen molar-refractivity contribution in [2.45, 2.75) is 18.9 Å². The summed E-state index contributed by atoms with van der Waals surface area (Å²) in [6, 6.07) is 20.7. The summed E-state index contributed by atoms with van der Waals surface area (Å²) >= 11 is 0. The number of aliphatic carboxylic acids is 1. The van der Waals surface area contributed by atoms with Gasteiger partial charge in [0, 0.05) is 34.6 Å². The summed E-state index contributed by atoms with van der Waals surface area (Å²) in [6.45, 7) is 3.94. The van der Waals surface area contributed by atoms with Gasteiger partial charge in [-0.25, -0.2) is 4.98 Å². The van der Waals surface area contributed by atoms with E-state index in [-0.39, 0.29) is 6.42 Å². The Bertz CT molecular complexity index is 1550. The third kappa shape index (κ3) is 4.78. The average Bonchev–Trinajstić information content (AvgIpc) is 3.57. The number of rotatable bonds is 9. The van der Waals surface area contributed by atoms with Crippen molar-refractivity contribution in [2.75, 3.05) is 0 Å². The zero-order valence-corrected chi connectivity index (χ0v) is 19.4. The number of aliphatic hydroxyl groups is 1. The number of benzene rings is 3. The van der Waals surface area contributed by atoms with Crippen molar-refractivity contribution in [1.29, 1.82) is 0 Å². The summed E-state index contributed by atoms with van der Waals surface area (Å²) in [7, 11) is 0. The van der Waals surface area contributed by atoms with Crippen LogP contribution in [0.3, 0.4) is 0 Å². The number of carboxylic acid groups (broad SMARTS) is 1. The molecule has 0 fully saturated rings. The molecule has 0 amide bonds. The van der Waals surface area contributed by atoms with Crippen LogP contribution in [0.25, 0.3) is 28.4 Å². The van der Waals surface area contributed by atoms with Gasteiger partial charge in [0.15, 0.2) is 0 Å². The van der Waals surface area contributed by atoms with Crippen LogP contribution in [-0.4, -0.2) is 31.1 Å². The van der Waals surface area contributed by atoms with Gasteiger partial charge in [-0.05, 0) is 47.9 Å². The molecule has 0 aliphatic heterocycles. The van der Waals surface area contributed by atoms with E-state index in [0.29, 0.717) is 35.0 Å². The zero-order chi connectivity index (χ0) is 25.1. The Morgan fingerprint density at radius 2 is 1.97 bits per heavy atom. The highest BCUT2D eigenvalue weighted by atomic mass is 16.5. The highest BCUT2D eigenvalue weighted by Gasteiger charge is 2.16. The number of fused-ring (bicyclic) bond motifs is 1. The van der Waals surface area contributed by atoms with Crippen LogP contribution in [0.1, 0.15) is 34.9 Å². The van der Waals surface area contributed by atoms with E-state index in [4.69, 9.17) is 9.84 Å². The van der Waals surface area contributed by atoms with E-state index < -0.39 is 12.1 Å². The van der Waals surface area contributed by atoms with E-state index >= 15 is 0 Å². The molecule has 5 rings (SSSR count). The van der Waals surface area contributed by atoms with Crippen LogP contribution in [0.5, 0.6) is 11.5 Å². The lowest BCUT2D eigenvalue weighted by molar-refractivity contribution is -0.136. The van der Waals surface area contributed by atoms with Gasteiger partial charge in [-0.3, -0.25) is 4.79 Å². The Hall–Kier alpha value is -4.62. The van der Waals surface area contributed by atoms with Gasteiger partial charge in [0.05, 0.1) is 11.9 Å². The van der Waals surface area contributed by atoms with E-state index in [1.165, 1.54) is 0 Å². The number of hydrogen-bond acceptors (Lipinski definition) is 4. The molecule has 0 aliphatic carbocycles. The molecule has 0 spiro atoms.